The maximum Gasteiger partial charge on any atom is 0.258 e. The summed E-state index contributed by atoms with van der Waals surface area (Å²) in [5.41, 5.74) is 2.51. The third kappa shape index (κ3) is 2.68. The highest BCUT2D eigenvalue weighted by Crippen LogP contribution is 2.23. The van der Waals surface area contributed by atoms with Crippen LogP contribution in [0, 0.1) is 11.3 Å². The van der Waals surface area contributed by atoms with Gasteiger partial charge in [-0.3, -0.25) is 4.98 Å². The Labute approximate surface area is 125 Å². The molecule has 100 valence electrons. The van der Waals surface area contributed by atoms with Gasteiger partial charge in [0, 0.05) is 17.1 Å². The predicted octanol–water partition coefficient (Wildman–Crippen LogP) is 3.02. The van der Waals surface area contributed by atoms with Crippen LogP contribution in [-0.4, -0.2) is 20.5 Å². The Morgan fingerprint density at radius 1 is 1.24 bits per heavy atom. The van der Waals surface area contributed by atoms with E-state index in [0.717, 1.165) is 5.56 Å². The Kier molecular flexibility index (Phi) is 3.50. The zero-order chi connectivity index (χ0) is 14.7. The summed E-state index contributed by atoms with van der Waals surface area (Å²) in [6.45, 7) is 0. The lowest BCUT2D eigenvalue weighted by atomic mass is 10.1. The molecule has 0 saturated carbocycles. The highest BCUT2D eigenvalue weighted by atomic mass is 32.1. The highest BCUT2D eigenvalue weighted by Gasteiger charge is 2.12. The van der Waals surface area contributed by atoms with Crippen molar-refractivity contribution in [2.45, 2.75) is 0 Å². The lowest BCUT2D eigenvalue weighted by molar-refractivity contribution is 0.432. The van der Waals surface area contributed by atoms with Gasteiger partial charge < -0.3 is 4.52 Å². The molecule has 0 atom stereocenters. The predicted molar refractivity (Wildman–Crippen MR) is 80.4 cm³/mol. The Morgan fingerprint density at radius 3 is 2.86 bits per heavy atom. The second kappa shape index (κ2) is 5.61. The first kappa shape index (κ1) is 13.1. The van der Waals surface area contributed by atoms with Gasteiger partial charge in [0.25, 0.3) is 5.89 Å². The number of nitrogens with zero attached hydrogens (tertiary/aromatic N) is 4. The molecule has 0 spiro atoms. The standard InChI is InChI=1S/C15H8N4OS/c16-8-10-5-11(9-21)7-12(6-10)15-18-14(19-20-15)13-3-1-2-4-17-13/h1-7,9H. The molecule has 0 aliphatic heterocycles. The number of nitriles is 1. The van der Waals surface area contributed by atoms with Crippen LogP contribution < -0.4 is 0 Å². The maximum atomic E-state index is 9.04. The molecule has 5 nitrogen and oxygen atoms in total. The summed E-state index contributed by atoms with van der Waals surface area (Å²) in [6, 6.07) is 12.7. The average molecular weight is 292 g/mol. The molecular formula is C15H8N4OS. The third-order valence-corrected chi connectivity index (χ3v) is 3.06. The SMILES string of the molecule is N#Cc1cc(C=S)cc(-c2nc(-c3ccccn3)no2)c1. The molecule has 0 radical (unpaired) electrons. The van der Waals surface area contributed by atoms with E-state index in [9.17, 15) is 0 Å². The summed E-state index contributed by atoms with van der Waals surface area (Å²) < 4.78 is 5.25. The van der Waals surface area contributed by atoms with Crippen molar-refractivity contribution >= 4 is 17.6 Å². The molecule has 2 aromatic heterocycles. The van der Waals surface area contributed by atoms with Gasteiger partial charge in [-0.1, -0.05) is 23.4 Å². The number of hydrogen-bond donors (Lipinski definition) is 0. The molecule has 0 bridgehead atoms. The van der Waals surface area contributed by atoms with Crippen molar-refractivity contribution in [3.63, 3.8) is 0 Å². The first-order chi connectivity index (χ1) is 10.3. The van der Waals surface area contributed by atoms with E-state index >= 15 is 0 Å². The van der Waals surface area contributed by atoms with Crippen LogP contribution in [0.1, 0.15) is 11.1 Å². The van der Waals surface area contributed by atoms with Crippen LogP contribution in [0.15, 0.2) is 47.1 Å². The summed E-state index contributed by atoms with van der Waals surface area (Å²) in [6.07, 6.45) is 1.66. The van der Waals surface area contributed by atoms with Crippen molar-refractivity contribution < 1.29 is 4.52 Å². The highest BCUT2D eigenvalue weighted by molar-refractivity contribution is 7.79. The van der Waals surface area contributed by atoms with E-state index in [0.29, 0.717) is 28.5 Å². The van der Waals surface area contributed by atoms with E-state index in [1.54, 1.807) is 30.5 Å². The van der Waals surface area contributed by atoms with E-state index in [1.165, 1.54) is 5.37 Å². The van der Waals surface area contributed by atoms with Crippen LogP contribution in [0.2, 0.25) is 0 Å². The lowest BCUT2D eigenvalue weighted by Crippen LogP contribution is -1.87. The Bertz CT molecular complexity index is 836. The number of thiocarbonyl (C=S) groups is 1. The van der Waals surface area contributed by atoms with Crippen molar-refractivity contribution in [1.82, 2.24) is 15.1 Å². The van der Waals surface area contributed by atoms with Crippen LogP contribution in [0.5, 0.6) is 0 Å². The van der Waals surface area contributed by atoms with Gasteiger partial charge in [0.2, 0.25) is 5.82 Å². The molecule has 0 saturated heterocycles. The van der Waals surface area contributed by atoms with E-state index < -0.39 is 0 Å². The molecule has 0 N–H and O–H groups in total. The van der Waals surface area contributed by atoms with Gasteiger partial charge in [0.15, 0.2) is 0 Å². The van der Waals surface area contributed by atoms with Gasteiger partial charge in [-0.05, 0) is 35.9 Å². The summed E-state index contributed by atoms with van der Waals surface area (Å²) in [5, 5.41) is 14.4. The fourth-order valence-corrected chi connectivity index (χ4v) is 1.98. The molecule has 0 aliphatic rings. The second-order valence-corrected chi connectivity index (χ2v) is 4.45. The third-order valence-electron chi connectivity index (χ3n) is 2.79. The summed E-state index contributed by atoms with van der Waals surface area (Å²) in [4.78, 5) is 8.47. The van der Waals surface area contributed by atoms with Gasteiger partial charge in [-0.25, -0.2) is 0 Å². The monoisotopic (exact) mass is 292 g/mol. The maximum absolute atomic E-state index is 9.04. The Balaban J connectivity index is 2.04. The molecule has 2 heterocycles. The average Bonchev–Trinajstić information content (AvgIpc) is 3.05. The molecule has 0 fully saturated rings. The normalized spacial score (nSPS) is 10.0. The fourth-order valence-electron chi connectivity index (χ4n) is 1.85. The van der Waals surface area contributed by atoms with Gasteiger partial charge in [0.1, 0.15) is 5.69 Å². The quantitative estimate of drug-likeness (QED) is 0.691. The number of pyridine rings is 1. The van der Waals surface area contributed by atoms with Crippen LogP contribution >= 0.6 is 12.2 Å². The minimum absolute atomic E-state index is 0.325. The molecule has 3 aromatic rings. The molecule has 6 heteroatoms. The number of rotatable bonds is 3. The van der Waals surface area contributed by atoms with E-state index in [-0.39, 0.29) is 0 Å². The molecule has 0 aliphatic carbocycles. The summed E-state index contributed by atoms with van der Waals surface area (Å²) >= 11 is 4.91. The zero-order valence-corrected chi connectivity index (χ0v) is 11.5. The molecule has 0 unspecified atom stereocenters. The van der Waals surface area contributed by atoms with E-state index in [2.05, 4.69) is 21.2 Å². The molecule has 21 heavy (non-hydrogen) atoms. The lowest BCUT2D eigenvalue weighted by Gasteiger charge is -1.98. The Hall–Kier alpha value is -2.91. The number of benzene rings is 1. The second-order valence-electron chi connectivity index (χ2n) is 4.21. The van der Waals surface area contributed by atoms with Crippen molar-refractivity contribution in [3.05, 3.63) is 53.7 Å². The smallest absolute Gasteiger partial charge is 0.258 e. The van der Waals surface area contributed by atoms with Crippen molar-refractivity contribution in [2.24, 2.45) is 0 Å². The Morgan fingerprint density at radius 2 is 2.14 bits per heavy atom. The number of aromatic nitrogens is 3. The first-order valence-corrected chi connectivity index (χ1v) is 6.53. The van der Waals surface area contributed by atoms with Crippen molar-refractivity contribution in [3.8, 4) is 29.0 Å². The summed E-state index contributed by atoms with van der Waals surface area (Å²) in [5.74, 6) is 0.725. The van der Waals surface area contributed by atoms with Crippen LogP contribution in [0.25, 0.3) is 23.0 Å². The molecule has 1 aromatic carbocycles. The van der Waals surface area contributed by atoms with E-state index in [1.807, 2.05) is 12.1 Å². The summed E-state index contributed by atoms with van der Waals surface area (Å²) in [7, 11) is 0. The molecular weight excluding hydrogens is 284 g/mol. The van der Waals surface area contributed by atoms with Gasteiger partial charge in [0.05, 0.1) is 11.6 Å². The van der Waals surface area contributed by atoms with Crippen LogP contribution in [-0.2, 0) is 0 Å². The van der Waals surface area contributed by atoms with Gasteiger partial charge in [-0.15, -0.1) is 0 Å². The zero-order valence-electron chi connectivity index (χ0n) is 10.7. The minimum atomic E-state index is 0.325. The largest absolute Gasteiger partial charge is 0.334 e. The van der Waals surface area contributed by atoms with Crippen molar-refractivity contribution in [2.75, 3.05) is 0 Å². The van der Waals surface area contributed by atoms with Gasteiger partial charge in [-0.2, -0.15) is 10.2 Å². The fraction of sp³-hybridized carbons (Fsp3) is 0. The minimum Gasteiger partial charge on any atom is -0.334 e. The van der Waals surface area contributed by atoms with E-state index in [4.69, 9.17) is 22.0 Å². The van der Waals surface area contributed by atoms with Crippen LogP contribution in [0.4, 0.5) is 0 Å². The van der Waals surface area contributed by atoms with Gasteiger partial charge >= 0.3 is 0 Å². The molecule has 3 rings (SSSR count). The number of hydrogen-bond acceptors (Lipinski definition) is 6. The van der Waals surface area contributed by atoms with Crippen LogP contribution in [0.3, 0.4) is 0 Å². The van der Waals surface area contributed by atoms with Crippen molar-refractivity contribution in [1.29, 1.82) is 5.26 Å². The molecule has 0 amide bonds. The first-order valence-electron chi connectivity index (χ1n) is 6.06. The topological polar surface area (TPSA) is 75.6 Å².